The molecule has 0 unspecified atom stereocenters. The molecule has 1 heterocycles. The largest absolute Gasteiger partial charge is 0.492 e. The first-order valence-electron chi connectivity index (χ1n) is 6.54. The Morgan fingerprint density at radius 1 is 1.39 bits per heavy atom. The van der Waals surface area contributed by atoms with Crippen molar-refractivity contribution in [2.24, 2.45) is 0 Å². The van der Waals surface area contributed by atoms with E-state index in [0.717, 1.165) is 49.5 Å². The van der Waals surface area contributed by atoms with Gasteiger partial charge in [0, 0.05) is 25.3 Å². The molecule has 2 rings (SSSR count). The third kappa shape index (κ3) is 3.62. The summed E-state index contributed by atoms with van der Waals surface area (Å²) in [4.78, 5) is 2.33. The van der Waals surface area contributed by atoms with Crippen molar-refractivity contribution < 1.29 is 9.84 Å². The van der Waals surface area contributed by atoms with Crippen LogP contribution in [0.5, 0.6) is 5.75 Å². The van der Waals surface area contributed by atoms with E-state index >= 15 is 0 Å². The normalized spacial score (nSPS) is 17.9. The number of aliphatic hydroxyl groups excluding tert-OH is 1. The van der Waals surface area contributed by atoms with Crippen LogP contribution in [0.25, 0.3) is 0 Å². The highest BCUT2D eigenvalue weighted by Gasteiger charge is 2.16. The Morgan fingerprint density at radius 2 is 2.11 bits per heavy atom. The maximum Gasteiger partial charge on any atom is 0.122 e. The van der Waals surface area contributed by atoms with Gasteiger partial charge in [0.25, 0.3) is 0 Å². The Kier molecular flexibility index (Phi) is 4.44. The van der Waals surface area contributed by atoms with Gasteiger partial charge in [0.15, 0.2) is 0 Å². The van der Waals surface area contributed by atoms with Gasteiger partial charge in [-0.3, -0.25) is 4.90 Å². The number of aryl methyl sites for hydroxylation is 1. The van der Waals surface area contributed by atoms with Crippen LogP contribution in [0.4, 0.5) is 5.69 Å². The molecule has 1 fully saturated rings. The number of rotatable bonds is 4. The lowest BCUT2D eigenvalue weighted by Crippen LogP contribution is -2.38. The Hall–Kier alpha value is -1.26. The molecule has 0 bridgehead atoms. The van der Waals surface area contributed by atoms with E-state index in [1.165, 1.54) is 0 Å². The predicted octanol–water partition coefficient (Wildman–Crippen LogP) is 1.41. The van der Waals surface area contributed by atoms with Crippen molar-refractivity contribution in [1.82, 2.24) is 4.90 Å². The maximum absolute atomic E-state index is 9.42. The van der Waals surface area contributed by atoms with Crippen molar-refractivity contribution in [2.75, 3.05) is 32.0 Å². The smallest absolute Gasteiger partial charge is 0.122 e. The molecule has 0 aromatic heterocycles. The number of ether oxygens (including phenoxy) is 1. The average Bonchev–Trinajstić information content (AvgIpc) is 2.34. The van der Waals surface area contributed by atoms with Crippen molar-refractivity contribution in [1.29, 1.82) is 0 Å². The van der Waals surface area contributed by atoms with E-state index in [1.807, 2.05) is 25.1 Å². The maximum atomic E-state index is 9.42. The summed E-state index contributed by atoms with van der Waals surface area (Å²) in [5, 5.41) is 9.42. The number of nitrogens with two attached hydrogens (primary N) is 1. The third-order valence-corrected chi connectivity index (χ3v) is 3.42. The van der Waals surface area contributed by atoms with Gasteiger partial charge in [-0.1, -0.05) is 0 Å². The van der Waals surface area contributed by atoms with E-state index in [0.29, 0.717) is 6.61 Å². The molecular formula is C14H22N2O2. The van der Waals surface area contributed by atoms with Crippen LogP contribution in [0.2, 0.25) is 0 Å². The molecule has 18 heavy (non-hydrogen) atoms. The van der Waals surface area contributed by atoms with Crippen LogP contribution >= 0.6 is 0 Å². The number of benzene rings is 1. The monoisotopic (exact) mass is 250 g/mol. The second-order valence-electron chi connectivity index (χ2n) is 4.95. The topological polar surface area (TPSA) is 58.7 Å². The fourth-order valence-corrected chi connectivity index (χ4v) is 2.26. The SMILES string of the molecule is Cc1cc(N)ccc1OCCN1CCC(O)CC1. The zero-order chi connectivity index (χ0) is 13.0. The van der Waals surface area contributed by atoms with Crippen molar-refractivity contribution >= 4 is 5.69 Å². The second kappa shape index (κ2) is 6.07. The average molecular weight is 250 g/mol. The van der Waals surface area contributed by atoms with E-state index < -0.39 is 0 Å². The summed E-state index contributed by atoms with van der Waals surface area (Å²) in [6.45, 7) is 5.52. The first kappa shape index (κ1) is 13.2. The summed E-state index contributed by atoms with van der Waals surface area (Å²) in [5.41, 5.74) is 7.54. The van der Waals surface area contributed by atoms with Gasteiger partial charge < -0.3 is 15.6 Å². The van der Waals surface area contributed by atoms with Gasteiger partial charge >= 0.3 is 0 Å². The van der Waals surface area contributed by atoms with E-state index in [-0.39, 0.29) is 6.10 Å². The molecule has 1 aliphatic heterocycles. The second-order valence-corrected chi connectivity index (χ2v) is 4.95. The summed E-state index contributed by atoms with van der Waals surface area (Å²) in [6, 6.07) is 5.71. The number of piperidine rings is 1. The van der Waals surface area contributed by atoms with E-state index in [1.54, 1.807) is 0 Å². The summed E-state index contributed by atoms with van der Waals surface area (Å²) in [5.74, 6) is 0.904. The number of aliphatic hydroxyl groups is 1. The molecule has 4 nitrogen and oxygen atoms in total. The van der Waals surface area contributed by atoms with Crippen molar-refractivity contribution in [2.45, 2.75) is 25.9 Å². The Bertz CT molecular complexity index is 387. The third-order valence-electron chi connectivity index (χ3n) is 3.42. The van der Waals surface area contributed by atoms with Crippen LogP contribution in [0.1, 0.15) is 18.4 Å². The molecule has 1 saturated heterocycles. The van der Waals surface area contributed by atoms with Crippen molar-refractivity contribution in [3.8, 4) is 5.75 Å². The quantitative estimate of drug-likeness (QED) is 0.793. The minimum atomic E-state index is -0.110. The molecule has 0 saturated carbocycles. The van der Waals surface area contributed by atoms with Crippen LogP contribution in [0, 0.1) is 6.92 Å². The zero-order valence-corrected chi connectivity index (χ0v) is 10.9. The van der Waals surface area contributed by atoms with Crippen LogP contribution in [-0.2, 0) is 0 Å². The highest BCUT2D eigenvalue weighted by Crippen LogP contribution is 2.20. The zero-order valence-electron chi connectivity index (χ0n) is 10.9. The molecule has 0 amide bonds. The molecular weight excluding hydrogens is 228 g/mol. The molecule has 3 N–H and O–H groups in total. The predicted molar refractivity (Wildman–Crippen MR) is 72.8 cm³/mol. The van der Waals surface area contributed by atoms with Gasteiger partial charge in [0.2, 0.25) is 0 Å². The van der Waals surface area contributed by atoms with Crippen LogP contribution < -0.4 is 10.5 Å². The summed E-state index contributed by atoms with van der Waals surface area (Å²) in [6.07, 6.45) is 1.64. The molecule has 0 radical (unpaired) electrons. The van der Waals surface area contributed by atoms with Gasteiger partial charge in [-0.15, -0.1) is 0 Å². The first-order valence-corrected chi connectivity index (χ1v) is 6.54. The Labute approximate surface area is 108 Å². The summed E-state index contributed by atoms with van der Waals surface area (Å²) >= 11 is 0. The van der Waals surface area contributed by atoms with Gasteiger partial charge in [-0.05, 0) is 43.5 Å². The number of nitrogens with zero attached hydrogens (tertiary/aromatic N) is 1. The highest BCUT2D eigenvalue weighted by atomic mass is 16.5. The van der Waals surface area contributed by atoms with E-state index in [9.17, 15) is 5.11 Å². The fourth-order valence-electron chi connectivity index (χ4n) is 2.26. The number of likely N-dealkylation sites (tertiary alicyclic amines) is 1. The van der Waals surface area contributed by atoms with Gasteiger partial charge in [0.1, 0.15) is 12.4 Å². The lowest BCUT2D eigenvalue weighted by Gasteiger charge is -2.29. The standard InChI is InChI=1S/C14H22N2O2/c1-11-10-12(15)2-3-14(11)18-9-8-16-6-4-13(17)5-7-16/h2-3,10,13,17H,4-9,15H2,1H3. The van der Waals surface area contributed by atoms with Gasteiger partial charge in [-0.2, -0.15) is 0 Å². The van der Waals surface area contributed by atoms with Crippen LogP contribution in [0.3, 0.4) is 0 Å². The van der Waals surface area contributed by atoms with E-state index in [4.69, 9.17) is 10.5 Å². The number of hydrogen-bond acceptors (Lipinski definition) is 4. The minimum absolute atomic E-state index is 0.110. The van der Waals surface area contributed by atoms with E-state index in [2.05, 4.69) is 4.90 Å². The molecule has 1 aromatic carbocycles. The highest BCUT2D eigenvalue weighted by molar-refractivity contribution is 5.47. The molecule has 1 aliphatic rings. The molecule has 1 aromatic rings. The fraction of sp³-hybridized carbons (Fsp3) is 0.571. The molecule has 0 atom stereocenters. The lowest BCUT2D eigenvalue weighted by molar-refractivity contribution is 0.0754. The molecule has 0 aliphatic carbocycles. The van der Waals surface area contributed by atoms with Gasteiger partial charge in [0.05, 0.1) is 6.10 Å². The first-order chi connectivity index (χ1) is 8.65. The number of hydrogen-bond donors (Lipinski definition) is 2. The molecule has 0 spiro atoms. The number of nitrogen functional groups attached to an aromatic ring is 1. The van der Waals surface area contributed by atoms with Gasteiger partial charge in [-0.25, -0.2) is 0 Å². The van der Waals surface area contributed by atoms with Crippen molar-refractivity contribution in [3.05, 3.63) is 23.8 Å². The van der Waals surface area contributed by atoms with Crippen molar-refractivity contribution in [3.63, 3.8) is 0 Å². The molecule has 100 valence electrons. The van der Waals surface area contributed by atoms with Crippen LogP contribution in [-0.4, -0.2) is 42.4 Å². The summed E-state index contributed by atoms with van der Waals surface area (Å²) < 4.78 is 5.76. The lowest BCUT2D eigenvalue weighted by atomic mass is 10.1. The Morgan fingerprint density at radius 3 is 2.78 bits per heavy atom. The molecule has 4 heteroatoms. The Balaban J connectivity index is 1.75. The van der Waals surface area contributed by atoms with Crippen LogP contribution in [0.15, 0.2) is 18.2 Å². The summed E-state index contributed by atoms with van der Waals surface area (Å²) in [7, 11) is 0. The number of anilines is 1. The minimum Gasteiger partial charge on any atom is -0.492 e.